The highest BCUT2D eigenvalue weighted by molar-refractivity contribution is 9.10. The van der Waals surface area contributed by atoms with Crippen LogP contribution < -0.4 is 5.46 Å². The van der Waals surface area contributed by atoms with Gasteiger partial charge in [-0.15, -0.1) is 0 Å². The zero-order valence-corrected chi connectivity index (χ0v) is 7.80. The summed E-state index contributed by atoms with van der Waals surface area (Å²) in [6, 6.07) is 1.17. The number of aromatic nitrogens is 1. The van der Waals surface area contributed by atoms with Crippen LogP contribution in [0.1, 0.15) is 0 Å². The van der Waals surface area contributed by atoms with Gasteiger partial charge in [-0.2, -0.15) is 0 Å². The zero-order chi connectivity index (χ0) is 10.0. The van der Waals surface area contributed by atoms with Crippen molar-refractivity contribution in [3.63, 3.8) is 0 Å². The molecule has 0 radical (unpaired) electrons. The van der Waals surface area contributed by atoms with Crippen molar-refractivity contribution in [1.82, 2.24) is 4.98 Å². The minimum atomic E-state index is -1.88. The van der Waals surface area contributed by atoms with Crippen molar-refractivity contribution in [2.75, 3.05) is 0 Å². The molecular weight excluding hydrogens is 243 g/mol. The number of nitro groups is 1. The minimum absolute atomic E-state index is 0.0249. The van der Waals surface area contributed by atoms with E-state index >= 15 is 0 Å². The van der Waals surface area contributed by atoms with Crippen molar-refractivity contribution in [2.24, 2.45) is 0 Å². The molecule has 0 saturated carbocycles. The molecule has 0 spiro atoms. The van der Waals surface area contributed by atoms with Gasteiger partial charge in [0.1, 0.15) is 0 Å². The van der Waals surface area contributed by atoms with E-state index in [9.17, 15) is 10.1 Å². The lowest BCUT2D eigenvalue weighted by Crippen LogP contribution is -2.32. The quantitative estimate of drug-likeness (QED) is 0.315. The number of halogens is 1. The number of rotatable bonds is 2. The maximum Gasteiger partial charge on any atom is 0.495 e. The molecule has 1 aromatic rings. The van der Waals surface area contributed by atoms with Gasteiger partial charge in [-0.05, 0) is 22.0 Å². The van der Waals surface area contributed by atoms with Gasteiger partial charge in [0.05, 0.1) is 10.4 Å². The normalized spacial score (nSPS) is 9.77. The summed E-state index contributed by atoms with van der Waals surface area (Å²) in [5, 5.41) is 28.0. The van der Waals surface area contributed by atoms with E-state index in [1.165, 1.54) is 12.3 Å². The van der Waals surface area contributed by atoms with Gasteiger partial charge in [0.2, 0.25) is 0 Å². The van der Waals surface area contributed by atoms with Gasteiger partial charge in [0, 0.05) is 6.20 Å². The van der Waals surface area contributed by atoms with Gasteiger partial charge in [0.15, 0.2) is 4.60 Å². The van der Waals surface area contributed by atoms with E-state index in [2.05, 4.69) is 20.9 Å². The van der Waals surface area contributed by atoms with E-state index in [1.54, 1.807) is 0 Å². The Morgan fingerprint density at radius 1 is 1.62 bits per heavy atom. The topological polar surface area (TPSA) is 96.5 Å². The molecule has 0 unspecified atom stereocenters. The van der Waals surface area contributed by atoms with E-state index in [4.69, 9.17) is 10.0 Å². The van der Waals surface area contributed by atoms with Crippen LogP contribution in [-0.4, -0.2) is 27.1 Å². The Hall–Kier alpha value is -0.985. The molecule has 0 saturated heterocycles. The third-order valence-corrected chi connectivity index (χ3v) is 1.95. The van der Waals surface area contributed by atoms with Crippen LogP contribution in [0.4, 0.5) is 5.69 Å². The summed E-state index contributed by atoms with van der Waals surface area (Å²) >= 11 is 2.84. The lowest BCUT2D eigenvalue weighted by atomic mass is 9.80. The molecule has 0 aliphatic carbocycles. The molecule has 6 nitrogen and oxygen atoms in total. The average molecular weight is 247 g/mol. The van der Waals surface area contributed by atoms with Gasteiger partial charge < -0.3 is 10.0 Å². The van der Waals surface area contributed by atoms with Crippen molar-refractivity contribution in [3.8, 4) is 0 Å². The Labute approximate surface area is 81.7 Å². The van der Waals surface area contributed by atoms with Crippen molar-refractivity contribution in [3.05, 3.63) is 27.0 Å². The standard InChI is InChI=1S/C5H4BBrN2O4/c7-5-4(9(12)13)3(6(10)11)1-2-8-5/h1-2,10-11H. The molecule has 0 aromatic carbocycles. The van der Waals surface area contributed by atoms with E-state index in [0.29, 0.717) is 0 Å². The van der Waals surface area contributed by atoms with Crippen LogP contribution >= 0.6 is 15.9 Å². The monoisotopic (exact) mass is 246 g/mol. The summed E-state index contributed by atoms with van der Waals surface area (Å²) in [5.41, 5.74) is -0.621. The summed E-state index contributed by atoms with van der Waals surface area (Å²) in [5.74, 6) is 0. The average Bonchev–Trinajstić information content (AvgIpc) is 2.02. The first-order valence-electron chi connectivity index (χ1n) is 3.19. The van der Waals surface area contributed by atoms with E-state index < -0.39 is 17.7 Å². The highest BCUT2D eigenvalue weighted by Gasteiger charge is 2.26. The molecule has 8 heteroatoms. The van der Waals surface area contributed by atoms with Gasteiger partial charge in [0.25, 0.3) is 0 Å². The largest absolute Gasteiger partial charge is 0.495 e. The Balaban J connectivity index is 3.34. The number of nitrogens with zero attached hydrogens (tertiary/aromatic N) is 2. The lowest BCUT2D eigenvalue weighted by molar-refractivity contribution is -0.384. The third-order valence-electron chi connectivity index (χ3n) is 1.37. The fourth-order valence-corrected chi connectivity index (χ4v) is 1.32. The Kier molecular flexibility index (Phi) is 2.96. The Bertz CT molecular complexity index is 345. The van der Waals surface area contributed by atoms with Crippen LogP contribution in [0.2, 0.25) is 0 Å². The van der Waals surface area contributed by atoms with E-state index in [1.807, 2.05) is 0 Å². The second kappa shape index (κ2) is 3.82. The van der Waals surface area contributed by atoms with E-state index in [0.717, 1.165) is 0 Å². The highest BCUT2D eigenvalue weighted by atomic mass is 79.9. The highest BCUT2D eigenvalue weighted by Crippen LogP contribution is 2.18. The molecule has 1 rings (SSSR count). The summed E-state index contributed by atoms with van der Waals surface area (Å²) in [4.78, 5) is 13.3. The molecule has 2 N–H and O–H groups in total. The second-order valence-electron chi connectivity index (χ2n) is 2.17. The van der Waals surface area contributed by atoms with Crippen molar-refractivity contribution < 1.29 is 15.0 Å². The molecule has 0 amide bonds. The predicted octanol–water partition coefficient (Wildman–Crippen LogP) is -0.568. The smallest absolute Gasteiger partial charge is 0.423 e. The predicted molar refractivity (Wildman–Crippen MR) is 48.4 cm³/mol. The number of hydrogen-bond acceptors (Lipinski definition) is 5. The molecule has 68 valence electrons. The number of hydrogen-bond donors (Lipinski definition) is 2. The maximum atomic E-state index is 10.5. The third kappa shape index (κ3) is 2.03. The Morgan fingerprint density at radius 3 is 2.62 bits per heavy atom. The summed E-state index contributed by atoms with van der Waals surface area (Å²) in [7, 11) is -1.88. The SMILES string of the molecule is O=[N+]([O-])c1c(B(O)O)ccnc1Br. The fourth-order valence-electron chi connectivity index (χ4n) is 0.831. The first kappa shape index (κ1) is 10.1. The van der Waals surface area contributed by atoms with Gasteiger partial charge in [-0.1, -0.05) is 0 Å². The van der Waals surface area contributed by atoms with Crippen LogP contribution in [0.15, 0.2) is 16.9 Å². The molecule has 0 aliphatic heterocycles. The molecule has 0 aliphatic rings. The van der Waals surface area contributed by atoms with Gasteiger partial charge in [-0.25, -0.2) is 4.98 Å². The van der Waals surface area contributed by atoms with Crippen molar-refractivity contribution in [1.29, 1.82) is 0 Å². The zero-order valence-electron chi connectivity index (χ0n) is 6.22. The molecule has 13 heavy (non-hydrogen) atoms. The van der Waals surface area contributed by atoms with Gasteiger partial charge >= 0.3 is 12.8 Å². The molecule has 1 heterocycles. The molecule has 1 aromatic heterocycles. The first-order chi connectivity index (χ1) is 6.04. The maximum absolute atomic E-state index is 10.5. The van der Waals surface area contributed by atoms with Crippen LogP contribution in [-0.2, 0) is 0 Å². The fraction of sp³-hybridized carbons (Fsp3) is 0. The molecule has 0 bridgehead atoms. The summed E-state index contributed by atoms with van der Waals surface area (Å²) in [6.07, 6.45) is 1.24. The lowest BCUT2D eigenvalue weighted by Gasteiger charge is -2.01. The van der Waals surface area contributed by atoms with Gasteiger partial charge in [-0.3, -0.25) is 10.1 Å². The van der Waals surface area contributed by atoms with Crippen LogP contribution in [0.3, 0.4) is 0 Å². The first-order valence-corrected chi connectivity index (χ1v) is 3.98. The molecular formula is C5H4BBrN2O4. The van der Waals surface area contributed by atoms with Crippen molar-refractivity contribution >= 4 is 34.2 Å². The van der Waals surface area contributed by atoms with Crippen molar-refractivity contribution in [2.45, 2.75) is 0 Å². The number of pyridine rings is 1. The summed E-state index contributed by atoms with van der Waals surface area (Å²) < 4.78 is -0.0249. The second-order valence-corrected chi connectivity index (χ2v) is 2.92. The van der Waals surface area contributed by atoms with Crippen LogP contribution in [0.25, 0.3) is 0 Å². The molecule has 0 fully saturated rings. The summed E-state index contributed by atoms with van der Waals surface area (Å²) in [6.45, 7) is 0. The van der Waals surface area contributed by atoms with Crippen LogP contribution in [0.5, 0.6) is 0 Å². The molecule has 0 atom stereocenters. The van der Waals surface area contributed by atoms with E-state index in [-0.39, 0.29) is 10.1 Å². The Morgan fingerprint density at radius 2 is 2.23 bits per heavy atom. The minimum Gasteiger partial charge on any atom is -0.423 e. The van der Waals surface area contributed by atoms with Crippen LogP contribution in [0, 0.1) is 10.1 Å².